The van der Waals surface area contributed by atoms with Gasteiger partial charge < -0.3 is 14.6 Å². The van der Waals surface area contributed by atoms with Gasteiger partial charge in [0.25, 0.3) is 6.47 Å². The molecular formula is C13H18O5. The third kappa shape index (κ3) is 1.85. The molecule has 0 aromatic carbocycles. The highest BCUT2D eigenvalue weighted by molar-refractivity contribution is 5.57. The molecule has 0 heterocycles. The van der Waals surface area contributed by atoms with E-state index in [-0.39, 0.29) is 5.41 Å². The van der Waals surface area contributed by atoms with Crippen LogP contribution in [0.5, 0.6) is 0 Å². The maximum Gasteiger partial charge on any atom is 0.506 e. The number of hydrogen-bond acceptors (Lipinski definition) is 4. The Labute approximate surface area is 105 Å². The molecule has 18 heavy (non-hydrogen) atoms. The summed E-state index contributed by atoms with van der Waals surface area (Å²) in [6.07, 6.45) is 4.49. The number of hydrogen-bond donors (Lipinski definition) is 1. The van der Waals surface area contributed by atoms with E-state index in [0.717, 1.165) is 25.7 Å². The first-order valence-electron chi connectivity index (χ1n) is 6.52. The van der Waals surface area contributed by atoms with Crippen LogP contribution in [0.3, 0.4) is 0 Å². The first-order valence-corrected chi connectivity index (χ1v) is 6.52. The number of carboxylic acid groups (broad SMARTS) is 1. The molecule has 100 valence electrons. The summed E-state index contributed by atoms with van der Waals surface area (Å²) in [4.78, 5) is 21.3. The van der Waals surface area contributed by atoms with Crippen LogP contribution in [0.1, 0.15) is 38.5 Å². The van der Waals surface area contributed by atoms with Gasteiger partial charge in [0.2, 0.25) is 0 Å². The van der Waals surface area contributed by atoms with E-state index in [2.05, 4.69) is 0 Å². The molecule has 4 fully saturated rings. The SMILES string of the molecule is O=COCC12CC3CC(C1)CC(OC(=O)O)(C3)C2. The zero-order chi connectivity index (χ0) is 12.8. The van der Waals surface area contributed by atoms with Gasteiger partial charge >= 0.3 is 6.16 Å². The Hall–Kier alpha value is -1.26. The van der Waals surface area contributed by atoms with Crippen LogP contribution in [0, 0.1) is 17.3 Å². The fourth-order valence-electron chi connectivity index (χ4n) is 5.05. The molecule has 4 rings (SSSR count). The molecule has 2 unspecified atom stereocenters. The molecule has 5 nitrogen and oxygen atoms in total. The highest BCUT2D eigenvalue weighted by Crippen LogP contribution is 2.62. The van der Waals surface area contributed by atoms with Crippen LogP contribution < -0.4 is 0 Å². The number of carbonyl (C=O) groups is 2. The monoisotopic (exact) mass is 254 g/mol. The van der Waals surface area contributed by atoms with Crippen molar-refractivity contribution in [2.45, 2.75) is 44.1 Å². The molecule has 0 saturated heterocycles. The Kier molecular flexibility index (Phi) is 2.54. The van der Waals surface area contributed by atoms with Gasteiger partial charge in [-0.05, 0) is 50.4 Å². The molecule has 0 aromatic heterocycles. The van der Waals surface area contributed by atoms with E-state index in [1.807, 2.05) is 0 Å². The largest absolute Gasteiger partial charge is 0.506 e. The Morgan fingerprint density at radius 1 is 1.28 bits per heavy atom. The summed E-state index contributed by atoms with van der Waals surface area (Å²) in [7, 11) is 0. The van der Waals surface area contributed by atoms with Crippen LogP contribution >= 0.6 is 0 Å². The van der Waals surface area contributed by atoms with Crippen LogP contribution in [0.2, 0.25) is 0 Å². The van der Waals surface area contributed by atoms with Crippen LogP contribution in [-0.2, 0) is 14.3 Å². The van der Waals surface area contributed by atoms with Gasteiger partial charge in [-0.3, -0.25) is 4.79 Å². The van der Waals surface area contributed by atoms with Gasteiger partial charge in [-0.2, -0.15) is 0 Å². The van der Waals surface area contributed by atoms with Gasteiger partial charge in [0.1, 0.15) is 5.60 Å². The van der Waals surface area contributed by atoms with Crippen LogP contribution in [0.4, 0.5) is 4.79 Å². The molecule has 0 aliphatic heterocycles. The summed E-state index contributed by atoms with van der Waals surface area (Å²) in [5.41, 5.74) is -0.553. The zero-order valence-electron chi connectivity index (χ0n) is 10.3. The standard InChI is InChI=1S/C13H18O5/c14-8-17-7-12-2-9-1-10(3-12)5-13(4-9,6-12)18-11(15)16/h8-10H,1-7H2,(H,15,16). The van der Waals surface area contributed by atoms with Crippen molar-refractivity contribution in [2.75, 3.05) is 6.61 Å². The van der Waals surface area contributed by atoms with Crippen LogP contribution in [0.15, 0.2) is 0 Å². The Morgan fingerprint density at radius 2 is 1.94 bits per heavy atom. The third-order valence-electron chi connectivity index (χ3n) is 4.89. The third-order valence-corrected chi connectivity index (χ3v) is 4.89. The molecule has 2 atom stereocenters. The minimum Gasteiger partial charge on any atom is -0.467 e. The van der Waals surface area contributed by atoms with Crippen LogP contribution in [0.25, 0.3) is 0 Å². The summed E-state index contributed by atoms with van der Waals surface area (Å²) in [5.74, 6) is 1.06. The van der Waals surface area contributed by atoms with Crippen molar-refractivity contribution >= 4 is 12.6 Å². The number of ether oxygens (including phenoxy) is 2. The predicted octanol–water partition coefficient (Wildman–Crippen LogP) is 2.19. The number of rotatable bonds is 4. The summed E-state index contributed by atoms with van der Waals surface area (Å²) in [6, 6.07) is 0. The minimum absolute atomic E-state index is 0.0412. The first kappa shape index (κ1) is 11.8. The molecule has 4 aliphatic rings. The summed E-state index contributed by atoms with van der Waals surface area (Å²) < 4.78 is 10.2. The van der Waals surface area contributed by atoms with Crippen molar-refractivity contribution in [1.82, 2.24) is 0 Å². The quantitative estimate of drug-likeness (QED) is 0.615. The molecular weight excluding hydrogens is 236 g/mol. The average Bonchev–Trinajstić information content (AvgIpc) is 2.22. The summed E-state index contributed by atoms with van der Waals surface area (Å²) in [5, 5.41) is 8.92. The Balaban J connectivity index is 1.83. The van der Waals surface area contributed by atoms with Gasteiger partial charge in [0.05, 0.1) is 6.61 Å². The molecule has 0 spiro atoms. The van der Waals surface area contributed by atoms with E-state index < -0.39 is 11.8 Å². The lowest BCUT2D eigenvalue weighted by Crippen LogP contribution is -2.58. The number of carbonyl (C=O) groups excluding carboxylic acids is 1. The average molecular weight is 254 g/mol. The fraction of sp³-hybridized carbons (Fsp3) is 0.846. The topological polar surface area (TPSA) is 72.8 Å². The Morgan fingerprint density at radius 3 is 2.50 bits per heavy atom. The second-order valence-electron chi connectivity index (χ2n) is 6.42. The first-order chi connectivity index (χ1) is 8.55. The van der Waals surface area contributed by atoms with Crippen molar-refractivity contribution in [2.24, 2.45) is 17.3 Å². The molecule has 0 amide bonds. The van der Waals surface area contributed by atoms with Gasteiger partial charge in [-0.1, -0.05) is 0 Å². The van der Waals surface area contributed by atoms with Crippen molar-refractivity contribution in [3.05, 3.63) is 0 Å². The van der Waals surface area contributed by atoms with Gasteiger partial charge in [0, 0.05) is 5.41 Å². The normalized spacial score (nSPS) is 44.7. The molecule has 0 radical (unpaired) electrons. The van der Waals surface area contributed by atoms with Crippen molar-refractivity contribution in [3.63, 3.8) is 0 Å². The maximum atomic E-state index is 10.9. The summed E-state index contributed by atoms with van der Waals surface area (Å²) in [6.45, 7) is 0.900. The maximum absolute atomic E-state index is 10.9. The van der Waals surface area contributed by atoms with Gasteiger partial charge in [0.15, 0.2) is 0 Å². The highest BCUT2D eigenvalue weighted by atomic mass is 16.7. The van der Waals surface area contributed by atoms with Crippen molar-refractivity contribution < 1.29 is 24.2 Å². The molecule has 4 bridgehead atoms. The van der Waals surface area contributed by atoms with E-state index in [0.29, 0.717) is 31.3 Å². The highest BCUT2D eigenvalue weighted by Gasteiger charge is 2.60. The second kappa shape index (κ2) is 3.87. The van der Waals surface area contributed by atoms with E-state index in [1.165, 1.54) is 6.42 Å². The molecule has 4 saturated carbocycles. The van der Waals surface area contributed by atoms with Crippen molar-refractivity contribution in [3.8, 4) is 0 Å². The molecule has 0 aromatic rings. The van der Waals surface area contributed by atoms with E-state index >= 15 is 0 Å². The van der Waals surface area contributed by atoms with Gasteiger partial charge in [-0.25, -0.2) is 4.79 Å². The molecule has 1 N–H and O–H groups in total. The van der Waals surface area contributed by atoms with E-state index in [1.54, 1.807) is 0 Å². The second-order valence-corrected chi connectivity index (χ2v) is 6.42. The van der Waals surface area contributed by atoms with Gasteiger partial charge in [-0.15, -0.1) is 0 Å². The lowest BCUT2D eigenvalue weighted by molar-refractivity contribution is -0.187. The van der Waals surface area contributed by atoms with E-state index in [9.17, 15) is 9.59 Å². The van der Waals surface area contributed by atoms with Crippen molar-refractivity contribution in [1.29, 1.82) is 0 Å². The summed E-state index contributed by atoms with van der Waals surface area (Å²) >= 11 is 0. The lowest BCUT2D eigenvalue weighted by atomic mass is 9.48. The fourth-order valence-corrected chi connectivity index (χ4v) is 5.05. The molecule has 5 heteroatoms. The van der Waals surface area contributed by atoms with Crippen LogP contribution in [-0.4, -0.2) is 29.9 Å². The van der Waals surface area contributed by atoms with E-state index in [4.69, 9.17) is 14.6 Å². The zero-order valence-corrected chi connectivity index (χ0v) is 10.3. The minimum atomic E-state index is -1.18. The predicted molar refractivity (Wildman–Crippen MR) is 61.0 cm³/mol. The Bertz CT molecular complexity index is 364. The smallest absolute Gasteiger partial charge is 0.467 e. The molecule has 4 aliphatic carbocycles. The lowest BCUT2D eigenvalue weighted by Gasteiger charge is -2.60.